The zero-order valence-corrected chi connectivity index (χ0v) is 16.1. The maximum atomic E-state index is 13.2. The number of para-hydroxylation sites is 2. The molecule has 0 aliphatic carbocycles. The smallest absolute Gasteiger partial charge is 0.244 e. The number of amides is 2. The summed E-state index contributed by atoms with van der Waals surface area (Å²) >= 11 is 0. The minimum absolute atomic E-state index is 0.0420. The summed E-state index contributed by atoms with van der Waals surface area (Å²) in [6.07, 6.45) is 0. The highest BCUT2D eigenvalue weighted by molar-refractivity contribution is 6.10. The second-order valence-corrected chi connectivity index (χ2v) is 7.16. The number of carbonyl (C=O) groups is 2. The maximum Gasteiger partial charge on any atom is 0.244 e. The van der Waals surface area contributed by atoms with E-state index in [-0.39, 0.29) is 24.9 Å². The lowest BCUT2D eigenvalue weighted by Gasteiger charge is -2.31. The van der Waals surface area contributed by atoms with Crippen LogP contribution < -0.4 is 10.2 Å². The molecule has 0 unspecified atom stereocenters. The van der Waals surface area contributed by atoms with Gasteiger partial charge in [-0.25, -0.2) is 0 Å². The zero-order valence-electron chi connectivity index (χ0n) is 16.1. The summed E-state index contributed by atoms with van der Waals surface area (Å²) in [5, 5.41) is 2.83. The molecule has 3 aromatic rings. The molecule has 0 bridgehead atoms. The zero-order chi connectivity index (χ0) is 20.1. The first kappa shape index (κ1) is 18.9. The molecular weight excluding hydrogens is 362 g/mol. The number of nitrogens with one attached hydrogen (secondary N) is 1. The molecule has 146 valence electrons. The first-order chi connectivity index (χ1) is 14.2. The van der Waals surface area contributed by atoms with Crippen molar-refractivity contribution in [2.75, 3.05) is 23.3 Å². The van der Waals surface area contributed by atoms with Crippen LogP contribution in [0.15, 0.2) is 84.9 Å². The van der Waals surface area contributed by atoms with Crippen LogP contribution in [0.5, 0.6) is 0 Å². The van der Waals surface area contributed by atoms with Crippen LogP contribution in [0.1, 0.15) is 11.1 Å². The topological polar surface area (TPSA) is 52.7 Å². The molecule has 0 aromatic heterocycles. The minimum atomic E-state index is -0.172. The molecule has 1 aliphatic heterocycles. The molecule has 5 heteroatoms. The number of anilines is 2. The Balaban J connectivity index is 1.55. The van der Waals surface area contributed by atoms with Gasteiger partial charge in [0.05, 0.1) is 17.9 Å². The van der Waals surface area contributed by atoms with Gasteiger partial charge in [0.2, 0.25) is 11.8 Å². The number of hydrogen-bond acceptors (Lipinski definition) is 3. The van der Waals surface area contributed by atoms with Gasteiger partial charge < -0.3 is 5.32 Å². The van der Waals surface area contributed by atoms with Crippen molar-refractivity contribution in [3.8, 4) is 0 Å². The Kier molecular flexibility index (Phi) is 5.68. The van der Waals surface area contributed by atoms with Crippen molar-refractivity contribution in [2.45, 2.75) is 13.1 Å². The van der Waals surface area contributed by atoms with Gasteiger partial charge in [-0.3, -0.25) is 19.4 Å². The molecule has 1 aliphatic rings. The number of rotatable bonds is 6. The van der Waals surface area contributed by atoms with E-state index in [9.17, 15) is 9.59 Å². The molecule has 2 amide bonds. The quantitative estimate of drug-likeness (QED) is 0.704. The van der Waals surface area contributed by atoms with Crippen LogP contribution in [0.2, 0.25) is 0 Å². The lowest BCUT2D eigenvalue weighted by atomic mass is 10.1. The summed E-state index contributed by atoms with van der Waals surface area (Å²) < 4.78 is 0. The molecule has 1 N–H and O–H groups in total. The number of fused-ring (bicyclic) bond motifs is 1. The van der Waals surface area contributed by atoms with Gasteiger partial charge in [-0.2, -0.15) is 0 Å². The lowest BCUT2D eigenvalue weighted by Crippen LogP contribution is -2.46. The van der Waals surface area contributed by atoms with Gasteiger partial charge >= 0.3 is 0 Å². The van der Waals surface area contributed by atoms with Crippen molar-refractivity contribution in [3.05, 3.63) is 96.1 Å². The van der Waals surface area contributed by atoms with E-state index in [0.717, 1.165) is 16.8 Å². The van der Waals surface area contributed by atoms with E-state index in [1.807, 2.05) is 60.7 Å². The van der Waals surface area contributed by atoms with Gasteiger partial charge in [0.1, 0.15) is 6.54 Å². The van der Waals surface area contributed by atoms with E-state index in [0.29, 0.717) is 18.8 Å². The Morgan fingerprint density at radius 1 is 0.828 bits per heavy atom. The first-order valence-corrected chi connectivity index (χ1v) is 9.68. The standard InChI is InChI=1S/C24H23N3O2/c28-23-17-27(22-14-8-7-13-21(22)25-23)24(29)18-26(15-19-9-3-1-4-10-19)16-20-11-5-2-6-12-20/h1-14H,15-18H2,(H,25,28). The normalized spacial score (nSPS) is 13.1. The summed E-state index contributed by atoms with van der Waals surface area (Å²) in [4.78, 5) is 29.0. The average Bonchev–Trinajstić information content (AvgIpc) is 2.74. The van der Waals surface area contributed by atoms with Crippen LogP contribution >= 0.6 is 0 Å². The van der Waals surface area contributed by atoms with E-state index in [1.54, 1.807) is 4.90 Å². The molecule has 0 atom stereocenters. The van der Waals surface area contributed by atoms with E-state index in [2.05, 4.69) is 34.5 Å². The summed E-state index contributed by atoms with van der Waals surface area (Å²) in [5.74, 6) is -0.256. The van der Waals surface area contributed by atoms with Crippen molar-refractivity contribution >= 4 is 23.2 Å². The van der Waals surface area contributed by atoms with E-state index < -0.39 is 0 Å². The fraction of sp³-hybridized carbons (Fsp3) is 0.167. The molecule has 0 saturated carbocycles. The van der Waals surface area contributed by atoms with Crippen LogP contribution in [-0.4, -0.2) is 29.8 Å². The fourth-order valence-electron chi connectivity index (χ4n) is 3.58. The predicted octanol–water partition coefficient (Wildman–Crippen LogP) is 3.67. The van der Waals surface area contributed by atoms with Crippen LogP contribution in [0.4, 0.5) is 11.4 Å². The Morgan fingerprint density at radius 2 is 1.38 bits per heavy atom. The summed E-state index contributed by atoms with van der Waals surface area (Å²) in [6.45, 7) is 1.58. The maximum absolute atomic E-state index is 13.2. The average molecular weight is 385 g/mol. The van der Waals surface area contributed by atoms with Gasteiger partial charge in [0.15, 0.2) is 0 Å². The van der Waals surface area contributed by atoms with Gasteiger partial charge in [-0.15, -0.1) is 0 Å². The monoisotopic (exact) mass is 385 g/mol. The van der Waals surface area contributed by atoms with Crippen LogP contribution in [0.25, 0.3) is 0 Å². The third kappa shape index (κ3) is 4.70. The molecule has 29 heavy (non-hydrogen) atoms. The van der Waals surface area contributed by atoms with Crippen molar-refractivity contribution in [1.29, 1.82) is 0 Å². The number of nitrogens with zero attached hydrogens (tertiary/aromatic N) is 2. The Hall–Kier alpha value is -3.44. The summed E-state index contributed by atoms with van der Waals surface area (Å²) in [5.41, 5.74) is 3.72. The molecule has 1 heterocycles. The highest BCUT2D eigenvalue weighted by atomic mass is 16.2. The first-order valence-electron chi connectivity index (χ1n) is 9.68. The van der Waals surface area contributed by atoms with Crippen molar-refractivity contribution in [3.63, 3.8) is 0 Å². The fourth-order valence-corrected chi connectivity index (χ4v) is 3.58. The largest absolute Gasteiger partial charge is 0.323 e. The SMILES string of the molecule is O=C1CN(C(=O)CN(Cc2ccccc2)Cc2ccccc2)c2ccccc2N1. The molecule has 0 saturated heterocycles. The molecule has 4 rings (SSSR count). The molecule has 0 fully saturated rings. The Morgan fingerprint density at radius 3 is 2.00 bits per heavy atom. The van der Waals surface area contributed by atoms with Crippen molar-refractivity contribution in [2.24, 2.45) is 0 Å². The molecule has 0 spiro atoms. The second kappa shape index (κ2) is 8.71. The third-order valence-corrected chi connectivity index (χ3v) is 4.93. The minimum Gasteiger partial charge on any atom is -0.323 e. The van der Waals surface area contributed by atoms with E-state index in [4.69, 9.17) is 0 Å². The van der Waals surface area contributed by atoms with E-state index in [1.165, 1.54) is 0 Å². The van der Waals surface area contributed by atoms with Crippen molar-refractivity contribution < 1.29 is 9.59 Å². The number of carbonyl (C=O) groups excluding carboxylic acids is 2. The Labute approximate surface area is 170 Å². The van der Waals surface area contributed by atoms with Gasteiger partial charge in [-0.1, -0.05) is 72.8 Å². The van der Waals surface area contributed by atoms with Crippen LogP contribution in [0, 0.1) is 0 Å². The second-order valence-electron chi connectivity index (χ2n) is 7.16. The van der Waals surface area contributed by atoms with Gasteiger partial charge in [-0.05, 0) is 23.3 Å². The molecule has 3 aromatic carbocycles. The highest BCUT2D eigenvalue weighted by Gasteiger charge is 2.27. The van der Waals surface area contributed by atoms with Crippen LogP contribution in [-0.2, 0) is 22.7 Å². The van der Waals surface area contributed by atoms with Crippen molar-refractivity contribution in [1.82, 2.24) is 4.90 Å². The predicted molar refractivity (Wildman–Crippen MR) is 114 cm³/mol. The molecule has 0 radical (unpaired) electrons. The lowest BCUT2D eigenvalue weighted by molar-refractivity contribution is -0.122. The molecule has 5 nitrogen and oxygen atoms in total. The third-order valence-electron chi connectivity index (χ3n) is 4.93. The molecular formula is C24H23N3O2. The number of benzene rings is 3. The Bertz CT molecular complexity index is 948. The summed E-state index contributed by atoms with van der Waals surface area (Å²) in [7, 11) is 0. The van der Waals surface area contributed by atoms with Gasteiger partial charge in [0, 0.05) is 13.1 Å². The van der Waals surface area contributed by atoms with E-state index >= 15 is 0 Å². The van der Waals surface area contributed by atoms with Crippen LogP contribution in [0.3, 0.4) is 0 Å². The summed E-state index contributed by atoms with van der Waals surface area (Å²) in [6, 6.07) is 27.6. The number of hydrogen-bond donors (Lipinski definition) is 1. The van der Waals surface area contributed by atoms with Gasteiger partial charge in [0.25, 0.3) is 0 Å². The highest BCUT2D eigenvalue weighted by Crippen LogP contribution is 2.29.